The molecule has 32 heavy (non-hydrogen) atoms. The van der Waals surface area contributed by atoms with E-state index in [9.17, 15) is 9.18 Å². The van der Waals surface area contributed by atoms with Crippen LogP contribution in [-0.4, -0.2) is 27.8 Å². The van der Waals surface area contributed by atoms with E-state index in [1.807, 2.05) is 36.0 Å². The van der Waals surface area contributed by atoms with E-state index in [1.165, 1.54) is 41.2 Å². The summed E-state index contributed by atoms with van der Waals surface area (Å²) in [5.41, 5.74) is 5.51. The van der Waals surface area contributed by atoms with E-state index in [4.69, 9.17) is 4.74 Å². The van der Waals surface area contributed by atoms with Crippen molar-refractivity contribution < 1.29 is 13.9 Å². The summed E-state index contributed by atoms with van der Waals surface area (Å²) in [6.07, 6.45) is 0.895. The standard InChI is InChI=1S/C24H23FN4O2S/c1-15-22(12-17-4-10-21(31-3)11-5-17)16(2)29(28-15)24-27-20(14-32-24)13-23(30)26-19-8-6-18(25)7-9-19/h4-11,14H,12-13H2,1-3H3,(H,26,30). The van der Waals surface area contributed by atoms with Crippen molar-refractivity contribution in [2.24, 2.45) is 0 Å². The number of hydrogen-bond donors (Lipinski definition) is 1. The van der Waals surface area contributed by atoms with Crippen LogP contribution in [0.1, 0.15) is 28.2 Å². The fraction of sp³-hybridized carbons (Fsp3) is 0.208. The van der Waals surface area contributed by atoms with Crippen LogP contribution >= 0.6 is 11.3 Å². The SMILES string of the molecule is COc1ccc(Cc2c(C)nn(-c3nc(CC(=O)Nc4ccc(F)cc4)cs3)c2C)cc1. The summed E-state index contributed by atoms with van der Waals surface area (Å²) < 4.78 is 20.1. The number of benzene rings is 2. The number of aryl methyl sites for hydroxylation is 1. The number of rotatable bonds is 7. The zero-order chi connectivity index (χ0) is 22.7. The molecule has 4 aromatic rings. The second-order valence-electron chi connectivity index (χ2n) is 7.44. The lowest BCUT2D eigenvalue weighted by molar-refractivity contribution is -0.115. The minimum atomic E-state index is -0.344. The largest absolute Gasteiger partial charge is 0.497 e. The summed E-state index contributed by atoms with van der Waals surface area (Å²) in [6, 6.07) is 13.7. The molecule has 0 saturated carbocycles. The number of hydrogen-bond acceptors (Lipinski definition) is 5. The Morgan fingerprint density at radius 2 is 1.84 bits per heavy atom. The first-order valence-electron chi connectivity index (χ1n) is 10.1. The molecule has 8 heteroatoms. The topological polar surface area (TPSA) is 69.0 Å². The number of thiazole rings is 1. The molecule has 0 bridgehead atoms. The Bertz CT molecular complexity index is 1230. The van der Waals surface area contributed by atoms with Gasteiger partial charge in [-0.15, -0.1) is 11.3 Å². The Morgan fingerprint density at radius 1 is 1.12 bits per heavy atom. The quantitative estimate of drug-likeness (QED) is 0.436. The molecule has 4 rings (SSSR count). The number of nitrogens with one attached hydrogen (secondary N) is 1. The molecule has 0 unspecified atom stereocenters. The summed E-state index contributed by atoms with van der Waals surface area (Å²) in [7, 11) is 1.65. The van der Waals surface area contributed by atoms with Crippen molar-refractivity contribution >= 4 is 22.9 Å². The molecular weight excluding hydrogens is 427 g/mol. The average molecular weight is 451 g/mol. The van der Waals surface area contributed by atoms with Crippen molar-refractivity contribution in [1.29, 1.82) is 0 Å². The number of carbonyl (C=O) groups excluding carboxylic acids is 1. The molecule has 2 heterocycles. The van der Waals surface area contributed by atoms with Crippen LogP contribution in [0.2, 0.25) is 0 Å². The lowest BCUT2D eigenvalue weighted by Crippen LogP contribution is -2.14. The third-order valence-electron chi connectivity index (χ3n) is 5.17. The van der Waals surface area contributed by atoms with Gasteiger partial charge in [-0.2, -0.15) is 5.10 Å². The lowest BCUT2D eigenvalue weighted by Gasteiger charge is -2.05. The predicted octanol–water partition coefficient (Wildman–Crippen LogP) is 4.87. The van der Waals surface area contributed by atoms with Gasteiger partial charge in [0.25, 0.3) is 0 Å². The van der Waals surface area contributed by atoms with Crippen LogP contribution in [0.15, 0.2) is 53.9 Å². The summed E-state index contributed by atoms with van der Waals surface area (Å²) in [5.74, 6) is 0.280. The molecule has 0 spiro atoms. The van der Waals surface area contributed by atoms with Crippen molar-refractivity contribution in [1.82, 2.24) is 14.8 Å². The highest BCUT2D eigenvalue weighted by Gasteiger charge is 2.16. The lowest BCUT2D eigenvalue weighted by atomic mass is 10.0. The molecule has 1 amide bonds. The highest BCUT2D eigenvalue weighted by molar-refractivity contribution is 7.12. The fourth-order valence-electron chi connectivity index (χ4n) is 3.44. The number of nitrogens with zero attached hydrogens (tertiary/aromatic N) is 3. The number of carbonyl (C=O) groups is 1. The average Bonchev–Trinajstić information content (AvgIpc) is 3.35. The third kappa shape index (κ3) is 4.86. The smallest absolute Gasteiger partial charge is 0.230 e. The zero-order valence-electron chi connectivity index (χ0n) is 18.1. The Kier molecular flexibility index (Phi) is 6.32. The van der Waals surface area contributed by atoms with Gasteiger partial charge in [-0.3, -0.25) is 4.79 Å². The first kappa shape index (κ1) is 21.7. The second kappa shape index (κ2) is 9.32. The highest BCUT2D eigenvalue weighted by atomic mass is 32.1. The van der Waals surface area contributed by atoms with E-state index in [2.05, 4.69) is 27.5 Å². The molecule has 2 aromatic carbocycles. The molecule has 0 fully saturated rings. The van der Waals surface area contributed by atoms with Crippen molar-refractivity contribution in [3.05, 3.63) is 87.9 Å². The number of methoxy groups -OCH3 is 1. The van der Waals surface area contributed by atoms with Gasteiger partial charge in [0.15, 0.2) is 0 Å². The van der Waals surface area contributed by atoms with Crippen LogP contribution in [0, 0.1) is 19.7 Å². The maximum atomic E-state index is 13.0. The number of halogens is 1. The Balaban J connectivity index is 1.47. The molecule has 0 aliphatic heterocycles. The van der Waals surface area contributed by atoms with Gasteiger partial charge in [0.2, 0.25) is 11.0 Å². The van der Waals surface area contributed by atoms with E-state index < -0.39 is 0 Å². The van der Waals surface area contributed by atoms with Crippen molar-refractivity contribution in [3.63, 3.8) is 0 Å². The number of anilines is 1. The van der Waals surface area contributed by atoms with E-state index >= 15 is 0 Å². The van der Waals surface area contributed by atoms with Gasteiger partial charge in [-0.1, -0.05) is 12.1 Å². The van der Waals surface area contributed by atoms with Crippen LogP contribution in [-0.2, 0) is 17.6 Å². The number of amides is 1. The maximum Gasteiger partial charge on any atom is 0.230 e. The monoisotopic (exact) mass is 450 g/mol. The van der Waals surface area contributed by atoms with Crippen LogP contribution in [0.5, 0.6) is 5.75 Å². The van der Waals surface area contributed by atoms with E-state index in [0.29, 0.717) is 11.4 Å². The minimum Gasteiger partial charge on any atom is -0.497 e. The van der Waals surface area contributed by atoms with E-state index in [1.54, 1.807) is 7.11 Å². The first-order chi connectivity index (χ1) is 15.4. The summed E-state index contributed by atoms with van der Waals surface area (Å²) in [5, 5.41) is 10.0. The molecular formula is C24H23FN4O2S. The Morgan fingerprint density at radius 3 is 2.53 bits per heavy atom. The minimum absolute atomic E-state index is 0.131. The third-order valence-corrected chi connectivity index (χ3v) is 6.04. The van der Waals surface area contributed by atoms with Crippen LogP contribution in [0.4, 0.5) is 10.1 Å². The van der Waals surface area contributed by atoms with Crippen LogP contribution in [0.25, 0.3) is 5.13 Å². The Hall–Kier alpha value is -3.52. The Labute approximate surface area is 189 Å². The van der Waals surface area contributed by atoms with E-state index in [0.717, 1.165) is 34.3 Å². The highest BCUT2D eigenvalue weighted by Crippen LogP contribution is 2.24. The van der Waals surface area contributed by atoms with Gasteiger partial charge in [-0.25, -0.2) is 14.1 Å². The number of aromatic nitrogens is 3. The number of ether oxygens (including phenoxy) is 1. The first-order valence-corrected chi connectivity index (χ1v) is 11.0. The van der Waals surface area contributed by atoms with Gasteiger partial charge in [0, 0.05) is 28.7 Å². The predicted molar refractivity (Wildman–Crippen MR) is 123 cm³/mol. The molecule has 0 aliphatic carbocycles. The van der Waals surface area contributed by atoms with Gasteiger partial charge < -0.3 is 10.1 Å². The van der Waals surface area contributed by atoms with Crippen LogP contribution in [0.3, 0.4) is 0 Å². The van der Waals surface area contributed by atoms with Gasteiger partial charge in [-0.05, 0) is 55.8 Å². The van der Waals surface area contributed by atoms with Crippen molar-refractivity contribution in [2.45, 2.75) is 26.7 Å². The van der Waals surface area contributed by atoms with Crippen molar-refractivity contribution in [3.8, 4) is 10.9 Å². The molecule has 0 aliphatic rings. The molecule has 0 atom stereocenters. The zero-order valence-corrected chi connectivity index (χ0v) is 18.9. The van der Waals surface area contributed by atoms with Crippen molar-refractivity contribution in [2.75, 3.05) is 12.4 Å². The molecule has 6 nitrogen and oxygen atoms in total. The molecule has 164 valence electrons. The van der Waals surface area contributed by atoms with Gasteiger partial charge >= 0.3 is 0 Å². The van der Waals surface area contributed by atoms with Gasteiger partial charge in [0.1, 0.15) is 11.6 Å². The second-order valence-corrected chi connectivity index (χ2v) is 8.28. The van der Waals surface area contributed by atoms with Crippen LogP contribution < -0.4 is 10.1 Å². The fourth-order valence-corrected chi connectivity index (χ4v) is 4.27. The summed E-state index contributed by atoms with van der Waals surface area (Å²) >= 11 is 1.44. The molecule has 0 radical (unpaired) electrons. The van der Waals surface area contributed by atoms with Gasteiger partial charge in [0.05, 0.1) is 24.9 Å². The normalized spacial score (nSPS) is 10.9. The molecule has 0 saturated heterocycles. The summed E-state index contributed by atoms with van der Waals surface area (Å²) in [4.78, 5) is 16.9. The molecule has 2 aromatic heterocycles. The van der Waals surface area contributed by atoms with E-state index in [-0.39, 0.29) is 18.1 Å². The summed E-state index contributed by atoms with van der Waals surface area (Å²) in [6.45, 7) is 4.02. The molecule has 1 N–H and O–H groups in total. The maximum absolute atomic E-state index is 13.0.